The zero-order chi connectivity index (χ0) is 19.1. The largest absolute Gasteiger partial charge is 0.394 e. The van der Waals surface area contributed by atoms with Gasteiger partial charge in [0.25, 0.3) is 0 Å². The van der Waals surface area contributed by atoms with E-state index < -0.39 is 12.9 Å². The highest BCUT2D eigenvalue weighted by atomic mass is 16.6. The lowest BCUT2D eigenvalue weighted by atomic mass is 10.6. The molecule has 3 N–H and O–H groups in total. The lowest BCUT2D eigenvalue weighted by Crippen LogP contribution is -2.20. The van der Waals surface area contributed by atoms with Crippen LogP contribution in [-0.4, -0.2) is 121 Å². The summed E-state index contributed by atoms with van der Waals surface area (Å²) in [5.41, 5.74) is 0. The minimum atomic E-state index is -1.15. The first kappa shape index (κ1) is 25.6. The van der Waals surface area contributed by atoms with Gasteiger partial charge in [-0.25, -0.2) is 0 Å². The van der Waals surface area contributed by atoms with Crippen LogP contribution in [0, 0.1) is 0 Å². The molecule has 10 heteroatoms. The smallest absolute Gasteiger partial charge is 0.177 e. The molecule has 0 aromatic heterocycles. The highest BCUT2D eigenvalue weighted by molar-refractivity contribution is 4.38. The fraction of sp³-hybridized carbons (Fsp3) is 1.00. The molecule has 0 saturated carbocycles. The van der Waals surface area contributed by atoms with E-state index in [2.05, 4.69) is 0 Å². The van der Waals surface area contributed by atoms with Crippen LogP contribution in [0.1, 0.15) is 0 Å². The Kier molecular flexibility index (Phi) is 22.3. The molecule has 0 aromatic carbocycles. The third-order valence-corrected chi connectivity index (χ3v) is 2.79. The topological polar surface area (TPSA) is 125 Å². The number of hydrogen-bond acceptors (Lipinski definition) is 10. The van der Waals surface area contributed by atoms with Gasteiger partial charge in [0.05, 0.1) is 99.1 Å². The molecule has 0 bridgehead atoms. The van der Waals surface area contributed by atoms with E-state index >= 15 is 0 Å². The lowest BCUT2D eigenvalue weighted by Gasteiger charge is -2.09. The second-order valence-corrected chi connectivity index (χ2v) is 4.91. The summed E-state index contributed by atoms with van der Waals surface area (Å²) in [4.78, 5) is 0. The normalized spacial score (nSPS) is 12.6. The summed E-state index contributed by atoms with van der Waals surface area (Å²) >= 11 is 0. The molecule has 10 nitrogen and oxygen atoms in total. The zero-order valence-corrected chi connectivity index (χ0v) is 15.4. The van der Waals surface area contributed by atoms with E-state index in [9.17, 15) is 0 Å². The van der Waals surface area contributed by atoms with E-state index in [0.717, 1.165) is 0 Å². The Morgan fingerprint density at radius 1 is 0.462 bits per heavy atom. The average Bonchev–Trinajstić information content (AvgIpc) is 2.66. The molecule has 0 saturated heterocycles. The maximum atomic E-state index is 8.92. The molecule has 0 aromatic rings. The van der Waals surface area contributed by atoms with Gasteiger partial charge in [-0.2, -0.15) is 0 Å². The molecule has 1 atom stereocenters. The Bertz CT molecular complexity index is 257. The molecule has 0 rings (SSSR count). The second kappa shape index (κ2) is 22.6. The quantitative estimate of drug-likeness (QED) is 0.148. The van der Waals surface area contributed by atoms with Crippen molar-refractivity contribution in [2.45, 2.75) is 6.29 Å². The highest BCUT2D eigenvalue weighted by Gasteiger charge is 2.00. The number of aliphatic hydroxyl groups is 3. The van der Waals surface area contributed by atoms with Crippen molar-refractivity contribution in [3.8, 4) is 0 Å². The summed E-state index contributed by atoms with van der Waals surface area (Å²) < 4.78 is 36.3. The highest BCUT2D eigenvalue weighted by Crippen LogP contribution is 1.87. The van der Waals surface area contributed by atoms with Gasteiger partial charge in [-0.15, -0.1) is 0 Å². The minimum Gasteiger partial charge on any atom is -0.394 e. The van der Waals surface area contributed by atoms with E-state index in [1.165, 1.54) is 0 Å². The SMILES string of the molecule is OCCOCCOCCOCCOCCOCCOCCOC(O)CO. The van der Waals surface area contributed by atoms with E-state index in [-0.39, 0.29) is 13.2 Å². The van der Waals surface area contributed by atoms with Gasteiger partial charge in [0.15, 0.2) is 6.29 Å². The first-order chi connectivity index (χ1) is 12.8. The monoisotopic (exact) mass is 386 g/mol. The third-order valence-electron chi connectivity index (χ3n) is 2.79. The van der Waals surface area contributed by atoms with Crippen molar-refractivity contribution in [1.82, 2.24) is 0 Å². The van der Waals surface area contributed by atoms with E-state index in [1.54, 1.807) is 0 Å². The van der Waals surface area contributed by atoms with Crippen molar-refractivity contribution in [2.24, 2.45) is 0 Å². The van der Waals surface area contributed by atoms with Crippen LogP contribution in [0.5, 0.6) is 0 Å². The molecule has 0 radical (unpaired) electrons. The fourth-order valence-corrected chi connectivity index (χ4v) is 1.56. The Labute approximate surface area is 154 Å². The molecule has 0 aliphatic carbocycles. The van der Waals surface area contributed by atoms with Gasteiger partial charge >= 0.3 is 0 Å². The molecular formula is C16H34O10. The van der Waals surface area contributed by atoms with Crippen molar-refractivity contribution in [2.75, 3.05) is 99.1 Å². The second-order valence-electron chi connectivity index (χ2n) is 4.91. The predicted octanol–water partition coefficient (Wildman–Crippen LogP) is -1.59. The molecule has 0 spiro atoms. The van der Waals surface area contributed by atoms with Gasteiger partial charge < -0.3 is 48.5 Å². The summed E-state index contributed by atoms with van der Waals surface area (Å²) in [5, 5.41) is 25.9. The number of rotatable bonds is 22. The van der Waals surface area contributed by atoms with Gasteiger partial charge in [-0.05, 0) is 0 Å². The Morgan fingerprint density at radius 3 is 1.08 bits per heavy atom. The van der Waals surface area contributed by atoms with E-state index in [4.69, 9.17) is 48.5 Å². The first-order valence-electron chi connectivity index (χ1n) is 8.79. The maximum Gasteiger partial charge on any atom is 0.177 e. The van der Waals surface area contributed by atoms with Crippen LogP contribution in [0.3, 0.4) is 0 Å². The third kappa shape index (κ3) is 21.6. The van der Waals surface area contributed by atoms with Gasteiger partial charge in [0.1, 0.15) is 0 Å². The van der Waals surface area contributed by atoms with Gasteiger partial charge in [0.2, 0.25) is 0 Å². The summed E-state index contributed by atoms with van der Waals surface area (Å²) in [6, 6.07) is 0. The van der Waals surface area contributed by atoms with Crippen LogP contribution in [0.2, 0.25) is 0 Å². The van der Waals surface area contributed by atoms with Gasteiger partial charge in [0, 0.05) is 0 Å². The zero-order valence-electron chi connectivity index (χ0n) is 15.4. The molecule has 0 fully saturated rings. The molecule has 0 aliphatic rings. The Balaban J connectivity index is 2.99. The van der Waals surface area contributed by atoms with Crippen LogP contribution in [0.15, 0.2) is 0 Å². The van der Waals surface area contributed by atoms with Crippen LogP contribution in [-0.2, 0) is 33.2 Å². The molecular weight excluding hydrogens is 352 g/mol. The predicted molar refractivity (Wildman–Crippen MR) is 91.0 cm³/mol. The van der Waals surface area contributed by atoms with Crippen molar-refractivity contribution in [1.29, 1.82) is 0 Å². The van der Waals surface area contributed by atoms with Crippen molar-refractivity contribution in [3.05, 3.63) is 0 Å². The lowest BCUT2D eigenvalue weighted by molar-refractivity contribution is -0.135. The van der Waals surface area contributed by atoms with Gasteiger partial charge in [-0.3, -0.25) is 0 Å². The van der Waals surface area contributed by atoms with Crippen molar-refractivity contribution in [3.63, 3.8) is 0 Å². The Morgan fingerprint density at radius 2 is 0.769 bits per heavy atom. The molecule has 0 heterocycles. The van der Waals surface area contributed by atoms with Crippen molar-refractivity contribution >= 4 is 0 Å². The summed E-state index contributed by atoms with van der Waals surface area (Å²) in [6.07, 6.45) is -1.15. The van der Waals surface area contributed by atoms with Crippen LogP contribution in [0.25, 0.3) is 0 Å². The Hall–Kier alpha value is -0.400. The number of ether oxygens (including phenoxy) is 7. The molecule has 26 heavy (non-hydrogen) atoms. The minimum absolute atomic E-state index is 0.0231. The molecule has 158 valence electrons. The number of aliphatic hydroxyl groups excluding tert-OH is 3. The van der Waals surface area contributed by atoms with Crippen LogP contribution >= 0.6 is 0 Å². The standard InChI is InChI=1S/C16H34O10/c17-1-2-20-3-4-21-5-6-22-7-8-23-9-10-24-11-12-25-13-14-26-16(19)15-18/h16-19H,1-15H2. The van der Waals surface area contributed by atoms with Crippen LogP contribution in [0.4, 0.5) is 0 Å². The van der Waals surface area contributed by atoms with E-state index in [0.29, 0.717) is 79.3 Å². The maximum absolute atomic E-state index is 8.92. The summed E-state index contributed by atoms with van der Waals surface area (Å²) in [6.45, 7) is 5.22. The summed E-state index contributed by atoms with van der Waals surface area (Å²) in [7, 11) is 0. The first-order valence-corrected chi connectivity index (χ1v) is 8.79. The number of hydrogen-bond donors (Lipinski definition) is 3. The van der Waals surface area contributed by atoms with E-state index in [1.807, 2.05) is 0 Å². The molecule has 0 aliphatic heterocycles. The average molecular weight is 386 g/mol. The fourth-order valence-electron chi connectivity index (χ4n) is 1.56. The molecule has 1 unspecified atom stereocenters. The van der Waals surface area contributed by atoms with Crippen LogP contribution < -0.4 is 0 Å². The molecule has 0 amide bonds. The summed E-state index contributed by atoms with van der Waals surface area (Å²) in [5.74, 6) is 0. The van der Waals surface area contributed by atoms with Crippen molar-refractivity contribution < 1.29 is 48.5 Å². The van der Waals surface area contributed by atoms with Gasteiger partial charge in [-0.1, -0.05) is 0 Å².